The molecule has 60 unspecified atom stereocenters. The molecule has 34 N–H and O–H groups in total. The number of carboxylic acids is 2. The summed E-state index contributed by atoms with van der Waals surface area (Å²) in [5.74, 6) is -3.77. The largest absolute Gasteiger partial charge is 0.479 e. The molecule has 58 nitrogen and oxygen atoms in total. The topological polar surface area (TPSA) is 915 Å². The molecule has 792 valence electrons. The second kappa shape index (κ2) is 48.9. The molecule has 0 amide bonds. The fourth-order valence-electron chi connectivity index (χ4n) is 17.3. The minimum atomic E-state index is -2.37. The van der Waals surface area contributed by atoms with Gasteiger partial charge in [0, 0.05) is 13.2 Å². The monoisotopic (exact) mass is 1990 g/mol. The van der Waals surface area contributed by atoms with Crippen LogP contribution in [0.3, 0.4) is 0 Å². The molecule has 12 saturated heterocycles. The zero-order valence-corrected chi connectivity index (χ0v) is 74.5. The highest BCUT2D eigenvalue weighted by atomic mass is 16.8. The highest BCUT2D eigenvalue weighted by Crippen LogP contribution is 2.43. The number of aliphatic hydroxyl groups excluding tert-OH is 28. The maximum absolute atomic E-state index is 13.0. The number of aliphatic carboxylic acids is 2. The number of aliphatic hydroxyl groups is 28. The van der Waals surface area contributed by atoms with E-state index in [2.05, 4.69) is 0 Å². The third-order valence-electron chi connectivity index (χ3n) is 25.7. The number of nitrogens with two attached hydrogens (primary N) is 2. The van der Waals surface area contributed by atoms with Crippen molar-refractivity contribution in [1.29, 1.82) is 0 Å². The van der Waals surface area contributed by atoms with Crippen LogP contribution in [0, 0.1) is 0 Å². The molecule has 12 fully saturated rings. The number of hydrogen-bond donors (Lipinski definition) is 32. The van der Waals surface area contributed by atoms with E-state index in [4.69, 9.17) is 125 Å². The van der Waals surface area contributed by atoms with E-state index in [1.165, 1.54) is 55.4 Å². The maximum Gasteiger partial charge on any atom is 0.335 e. The van der Waals surface area contributed by atoms with E-state index >= 15 is 0 Å². The van der Waals surface area contributed by atoms with Crippen LogP contribution in [0.2, 0.25) is 0 Å². The summed E-state index contributed by atoms with van der Waals surface area (Å²) in [6.07, 6.45) is -109. The molecule has 0 radical (unpaired) electrons. The van der Waals surface area contributed by atoms with Crippen LogP contribution in [-0.2, 0) is 123 Å². The lowest BCUT2D eigenvalue weighted by Crippen LogP contribution is -2.69. The average Bonchev–Trinajstić information content (AvgIpc) is 0.752. The third-order valence-corrected chi connectivity index (χ3v) is 25.7. The van der Waals surface area contributed by atoms with Gasteiger partial charge in [-0.1, -0.05) is 0 Å². The Bertz CT molecular complexity index is 3630. The van der Waals surface area contributed by atoms with Gasteiger partial charge in [0.2, 0.25) is 0 Å². The van der Waals surface area contributed by atoms with Crippen LogP contribution < -0.4 is 11.5 Å². The number of ether oxygens (including phenoxy) is 24. The lowest BCUT2D eigenvalue weighted by Gasteiger charge is -2.50. The number of carbonyl (C=O) groups is 2. The predicted octanol–water partition coefficient (Wildman–Crippen LogP) is -19.0. The summed E-state index contributed by atoms with van der Waals surface area (Å²) in [7, 11) is 0. The van der Waals surface area contributed by atoms with E-state index in [9.17, 15) is 163 Å². The average molecular weight is 2000 g/mol. The van der Waals surface area contributed by atoms with Gasteiger partial charge in [0.25, 0.3) is 0 Å². The summed E-state index contributed by atoms with van der Waals surface area (Å²) in [6.45, 7) is 9.21. The third kappa shape index (κ3) is 24.7. The lowest BCUT2D eigenvalue weighted by atomic mass is 9.95. The van der Waals surface area contributed by atoms with Gasteiger partial charge in [0.1, 0.15) is 232 Å². The van der Waals surface area contributed by atoms with E-state index in [-0.39, 0.29) is 19.8 Å². The van der Waals surface area contributed by atoms with Crippen molar-refractivity contribution < 1.29 is 276 Å². The van der Waals surface area contributed by atoms with Gasteiger partial charge in [-0.25, -0.2) is 9.59 Å². The van der Waals surface area contributed by atoms with Crippen LogP contribution in [0.1, 0.15) is 68.2 Å². The molecule has 0 aromatic rings. The summed E-state index contributed by atoms with van der Waals surface area (Å²) in [5.41, 5.74) is 11.2. The van der Waals surface area contributed by atoms with E-state index in [0.29, 0.717) is 19.4 Å². The van der Waals surface area contributed by atoms with Gasteiger partial charge in [0.05, 0.1) is 68.7 Å². The molecular formula is C78H134N2O56. The van der Waals surface area contributed by atoms with Crippen LogP contribution in [0.5, 0.6) is 0 Å². The molecule has 0 aromatic heterocycles. The number of unbranched alkanes of at least 4 members (excludes halogenated alkanes) is 1. The van der Waals surface area contributed by atoms with E-state index in [1.807, 2.05) is 0 Å². The minimum Gasteiger partial charge on any atom is -0.479 e. The van der Waals surface area contributed by atoms with Gasteiger partial charge < -0.3 is 278 Å². The first kappa shape index (κ1) is 113. The molecule has 12 aliphatic heterocycles. The molecule has 0 bridgehead atoms. The Morgan fingerprint density at radius 1 is 0.213 bits per heavy atom. The molecule has 60 atom stereocenters. The lowest BCUT2D eigenvalue weighted by molar-refractivity contribution is -0.411. The summed E-state index contributed by atoms with van der Waals surface area (Å²) in [4.78, 5) is 26.0. The second-order valence-corrected chi connectivity index (χ2v) is 35.4. The van der Waals surface area contributed by atoms with Crippen molar-refractivity contribution in [2.24, 2.45) is 11.5 Å². The van der Waals surface area contributed by atoms with Crippen molar-refractivity contribution in [2.45, 2.75) is 437 Å². The SMILES string of the molecule is CC1OC(OC2C(C(=O)O)OC(OC3C(OC4C(OC5C(OCCCCN)OC(C)C(O)C5O)OC(C)C(O)C4O)OC(C)C(O)C3O)C(O)C2OC2OC(CO)C(O)C(O)C2O)C(O)C(O)C1O.CC1OC(OC2C(C(=O)O)OC(OC3C(OC4C(OC5C(OCCN)OC(C)C(O)C5O)OC(C)C(O)C4O)OC(C)C(O)C3O)C(O)C2OC2OC(CO)C(O)C(O)C2O)C(O)C(O)C1O. The first-order chi connectivity index (χ1) is 64.0. The minimum absolute atomic E-state index is 0.00733. The van der Waals surface area contributed by atoms with E-state index in [0.717, 1.165) is 0 Å². The van der Waals surface area contributed by atoms with Crippen molar-refractivity contribution in [3.05, 3.63) is 0 Å². The molecular weight excluding hydrogens is 1860 g/mol. The fourth-order valence-corrected chi connectivity index (χ4v) is 17.3. The molecule has 58 heteroatoms. The quantitative estimate of drug-likeness (QED) is 0.0278. The molecule has 0 spiro atoms. The van der Waals surface area contributed by atoms with Gasteiger partial charge in [-0.15, -0.1) is 0 Å². The summed E-state index contributed by atoms with van der Waals surface area (Å²) >= 11 is 0. The molecule has 0 saturated carbocycles. The Morgan fingerprint density at radius 2 is 0.419 bits per heavy atom. The predicted molar refractivity (Wildman–Crippen MR) is 423 cm³/mol. The van der Waals surface area contributed by atoms with Gasteiger partial charge in [0.15, 0.2) is 87.7 Å². The zero-order valence-electron chi connectivity index (χ0n) is 74.5. The molecule has 12 rings (SSSR count). The highest BCUT2D eigenvalue weighted by molar-refractivity contribution is 5.74. The molecule has 136 heavy (non-hydrogen) atoms. The summed E-state index contributed by atoms with van der Waals surface area (Å²) in [5, 5.41) is 325. The van der Waals surface area contributed by atoms with Gasteiger partial charge >= 0.3 is 11.9 Å². The van der Waals surface area contributed by atoms with E-state index < -0.39 is 394 Å². The smallest absolute Gasteiger partial charge is 0.335 e. The highest BCUT2D eigenvalue weighted by Gasteiger charge is 2.64. The first-order valence-electron chi connectivity index (χ1n) is 44.4. The van der Waals surface area contributed by atoms with Crippen LogP contribution in [0.15, 0.2) is 0 Å². The normalized spacial score (nSPS) is 52.7. The Balaban J connectivity index is 0.000000261. The van der Waals surface area contributed by atoms with Gasteiger partial charge in [-0.3, -0.25) is 0 Å². The molecule has 0 aliphatic carbocycles. The number of rotatable bonds is 32. The summed E-state index contributed by atoms with van der Waals surface area (Å²) in [6, 6.07) is 0. The Hall–Kier alpha value is -3.22. The number of hydrogen-bond acceptors (Lipinski definition) is 56. The Kier molecular flexibility index (Phi) is 40.6. The summed E-state index contributed by atoms with van der Waals surface area (Å²) < 4.78 is 139. The van der Waals surface area contributed by atoms with Crippen LogP contribution >= 0.6 is 0 Å². The zero-order chi connectivity index (χ0) is 100. The van der Waals surface area contributed by atoms with Crippen LogP contribution in [0.25, 0.3) is 0 Å². The first-order valence-corrected chi connectivity index (χ1v) is 44.4. The van der Waals surface area contributed by atoms with Crippen molar-refractivity contribution in [2.75, 3.05) is 39.5 Å². The molecule has 12 aliphatic rings. The van der Waals surface area contributed by atoms with Crippen molar-refractivity contribution >= 4 is 11.9 Å². The fraction of sp³-hybridized carbons (Fsp3) is 0.974. The maximum atomic E-state index is 13.0. The van der Waals surface area contributed by atoms with Gasteiger partial charge in [-0.2, -0.15) is 0 Å². The Labute approximate surface area is 773 Å². The molecule has 0 aromatic carbocycles. The number of carboxylic acid groups (broad SMARTS) is 2. The van der Waals surface area contributed by atoms with E-state index in [1.54, 1.807) is 0 Å². The van der Waals surface area contributed by atoms with Crippen LogP contribution in [0.4, 0.5) is 0 Å². The van der Waals surface area contributed by atoms with Crippen molar-refractivity contribution in [3.8, 4) is 0 Å². The second-order valence-electron chi connectivity index (χ2n) is 35.4. The molecule has 12 heterocycles. The van der Waals surface area contributed by atoms with Crippen molar-refractivity contribution in [3.63, 3.8) is 0 Å². The Morgan fingerprint density at radius 3 is 0.676 bits per heavy atom. The van der Waals surface area contributed by atoms with Crippen molar-refractivity contribution in [1.82, 2.24) is 0 Å². The standard InChI is InChI=1S/C40H69NO28.C38H65NO28/c1-10-15(43)20(48)25(53)35(59-10)68-32-28(64-36-26(54)21(49)19(47)14(9-42)63-36)27(55)37(69-33(32)34(56)57)65-30-23(51)17(45)12(3)61-39(30)67-31-24(52)18(46)13(4)62-40(31)66-29-22(50)16(44)11(2)60-38(29)58-8-6-5-7-41;1-8-13(41)18(46)23(51)33(57-8)66-30-26(62-34-24(52)19(47)17(45)12(7-40)61-34)25(53)35(67-31(30)32(54)55)63-28-21(49)15(43)10(3)59-37(28)65-29-22(50)16(44)11(4)60-38(29)64-27-20(48)14(42)9(2)58-36(27)56-6-5-39/h10-33,35-40,42-55H,5-9,41H2,1-4H3,(H,56,57);8-31,33-38,40-53H,5-7,39H2,1-4H3,(H,54,55). The van der Waals surface area contributed by atoms with Gasteiger partial charge in [-0.05, 0) is 74.8 Å². The van der Waals surface area contributed by atoms with Crippen LogP contribution in [-0.4, -0.2) is 573 Å².